The van der Waals surface area contributed by atoms with Crippen LogP contribution in [0.3, 0.4) is 0 Å². The molecule has 1 atom stereocenters. The van der Waals surface area contributed by atoms with Crippen LogP contribution in [0.4, 0.5) is 0 Å². The van der Waals surface area contributed by atoms with E-state index >= 15 is 0 Å². The number of likely N-dealkylation sites (tertiary alicyclic amines) is 1. The molecule has 1 aromatic heterocycles. The number of carbonyl (C=O) groups excluding carboxylic acids is 3. The zero-order valence-electron chi connectivity index (χ0n) is 17.9. The van der Waals surface area contributed by atoms with Gasteiger partial charge in [0.25, 0.3) is 0 Å². The van der Waals surface area contributed by atoms with E-state index in [-0.39, 0.29) is 23.6 Å². The summed E-state index contributed by atoms with van der Waals surface area (Å²) in [6.07, 6.45) is 0.274. The summed E-state index contributed by atoms with van der Waals surface area (Å²) in [5.74, 6) is -0.735. The quantitative estimate of drug-likeness (QED) is 0.626. The first-order valence-electron chi connectivity index (χ1n) is 10.2. The van der Waals surface area contributed by atoms with E-state index in [0.717, 1.165) is 16.6 Å². The molecule has 156 valence electrons. The number of amides is 1. The number of aromatic nitrogens is 1. The maximum absolute atomic E-state index is 13.0. The van der Waals surface area contributed by atoms with E-state index in [9.17, 15) is 14.4 Å². The highest BCUT2D eigenvalue weighted by atomic mass is 16.5. The standard InChI is InChI=1S/C23H30N2O4/c1-14-19(17-8-6-7-9-18(17)24-14)20(26)15(2)29-21(27)16-10-12-25(13-11-16)22(28)23(3,4)5/h6-9,15-16,24H,10-13H2,1-5H3/t15-/m1/s1. The monoisotopic (exact) mass is 398 g/mol. The van der Waals surface area contributed by atoms with Gasteiger partial charge in [0.15, 0.2) is 6.10 Å². The average molecular weight is 399 g/mol. The maximum atomic E-state index is 13.0. The number of ketones is 1. The number of piperidine rings is 1. The van der Waals surface area contributed by atoms with E-state index in [2.05, 4.69) is 4.98 Å². The van der Waals surface area contributed by atoms with Gasteiger partial charge in [0.05, 0.1) is 5.92 Å². The maximum Gasteiger partial charge on any atom is 0.309 e. The number of esters is 1. The largest absolute Gasteiger partial charge is 0.454 e. The van der Waals surface area contributed by atoms with Crippen molar-refractivity contribution in [2.75, 3.05) is 13.1 Å². The molecule has 0 radical (unpaired) electrons. The first-order chi connectivity index (χ1) is 13.6. The predicted molar refractivity (Wildman–Crippen MR) is 112 cm³/mol. The fourth-order valence-corrected chi connectivity index (χ4v) is 3.91. The van der Waals surface area contributed by atoms with E-state index in [4.69, 9.17) is 4.74 Å². The van der Waals surface area contributed by atoms with Gasteiger partial charge in [-0.15, -0.1) is 0 Å². The van der Waals surface area contributed by atoms with Gasteiger partial charge in [0.2, 0.25) is 11.7 Å². The molecule has 1 aliphatic heterocycles. The summed E-state index contributed by atoms with van der Waals surface area (Å²) in [7, 11) is 0. The van der Waals surface area contributed by atoms with Crippen molar-refractivity contribution in [3.8, 4) is 0 Å². The Bertz CT molecular complexity index is 930. The van der Waals surface area contributed by atoms with Crippen molar-refractivity contribution in [1.29, 1.82) is 0 Å². The Labute approximate surface area is 171 Å². The predicted octanol–water partition coefficient (Wildman–Crippen LogP) is 3.88. The van der Waals surface area contributed by atoms with Gasteiger partial charge in [0, 0.05) is 40.7 Å². The lowest BCUT2D eigenvalue weighted by Crippen LogP contribution is -2.45. The van der Waals surface area contributed by atoms with Crippen LogP contribution in [0.1, 0.15) is 56.6 Å². The second-order valence-corrected chi connectivity index (χ2v) is 8.93. The molecule has 29 heavy (non-hydrogen) atoms. The Morgan fingerprint density at radius 1 is 1.14 bits per heavy atom. The fraction of sp³-hybridized carbons (Fsp3) is 0.522. The molecule has 1 aliphatic rings. The zero-order valence-corrected chi connectivity index (χ0v) is 17.9. The van der Waals surface area contributed by atoms with Gasteiger partial charge in [-0.3, -0.25) is 14.4 Å². The zero-order chi connectivity index (χ0) is 21.3. The number of hydrogen-bond donors (Lipinski definition) is 1. The normalized spacial score (nSPS) is 16.7. The molecular formula is C23H30N2O4. The number of ether oxygens (including phenoxy) is 1. The van der Waals surface area contributed by atoms with Crippen LogP contribution in [0.2, 0.25) is 0 Å². The van der Waals surface area contributed by atoms with Crippen molar-refractivity contribution < 1.29 is 19.1 Å². The molecule has 2 aromatic rings. The summed E-state index contributed by atoms with van der Waals surface area (Å²) in [6, 6.07) is 7.60. The molecule has 3 rings (SSSR count). The number of carbonyl (C=O) groups is 3. The molecule has 1 saturated heterocycles. The molecule has 1 fully saturated rings. The molecule has 0 saturated carbocycles. The van der Waals surface area contributed by atoms with E-state index in [1.807, 2.05) is 56.9 Å². The molecule has 2 heterocycles. The van der Waals surface area contributed by atoms with Crippen LogP contribution in [-0.2, 0) is 14.3 Å². The lowest BCUT2D eigenvalue weighted by atomic mass is 9.91. The summed E-state index contributed by atoms with van der Waals surface area (Å²) in [5, 5.41) is 0.840. The van der Waals surface area contributed by atoms with Crippen LogP contribution in [0.5, 0.6) is 0 Å². The topological polar surface area (TPSA) is 79.5 Å². The molecule has 6 heteroatoms. The molecule has 0 unspecified atom stereocenters. The Kier molecular flexibility index (Phi) is 5.82. The molecular weight excluding hydrogens is 368 g/mol. The number of hydrogen-bond acceptors (Lipinski definition) is 4. The number of aryl methyl sites for hydroxylation is 1. The number of fused-ring (bicyclic) bond motifs is 1. The molecule has 1 amide bonds. The summed E-state index contributed by atoms with van der Waals surface area (Å²) in [5.41, 5.74) is 1.81. The Hall–Kier alpha value is -2.63. The number of nitrogens with one attached hydrogen (secondary N) is 1. The summed E-state index contributed by atoms with van der Waals surface area (Å²) < 4.78 is 5.54. The number of nitrogens with zero attached hydrogens (tertiary/aromatic N) is 1. The number of benzene rings is 1. The lowest BCUT2D eigenvalue weighted by molar-refractivity contribution is -0.155. The van der Waals surface area contributed by atoms with Crippen LogP contribution in [0.15, 0.2) is 24.3 Å². The molecule has 1 N–H and O–H groups in total. The minimum absolute atomic E-state index is 0.0997. The molecule has 0 aliphatic carbocycles. The van der Waals surface area contributed by atoms with Gasteiger partial charge in [-0.2, -0.15) is 0 Å². The van der Waals surface area contributed by atoms with Crippen LogP contribution >= 0.6 is 0 Å². The highest BCUT2D eigenvalue weighted by Gasteiger charge is 2.34. The third-order valence-electron chi connectivity index (χ3n) is 5.56. The molecule has 6 nitrogen and oxygen atoms in total. The lowest BCUT2D eigenvalue weighted by Gasteiger charge is -2.35. The third kappa shape index (κ3) is 4.36. The Morgan fingerprint density at radius 2 is 1.76 bits per heavy atom. The van der Waals surface area contributed by atoms with Crippen molar-refractivity contribution >= 4 is 28.6 Å². The SMILES string of the molecule is Cc1[nH]c2ccccc2c1C(=O)[C@@H](C)OC(=O)C1CCN(C(=O)C(C)(C)C)CC1. The average Bonchev–Trinajstić information content (AvgIpc) is 3.01. The highest BCUT2D eigenvalue weighted by molar-refractivity contribution is 6.11. The van der Waals surface area contributed by atoms with Gasteiger partial charge in [-0.05, 0) is 32.8 Å². The van der Waals surface area contributed by atoms with Crippen molar-refractivity contribution in [1.82, 2.24) is 9.88 Å². The Balaban J connectivity index is 1.62. The van der Waals surface area contributed by atoms with Crippen LogP contribution in [0, 0.1) is 18.3 Å². The number of Topliss-reactive ketones (excluding diaryl/α,β-unsaturated/α-hetero) is 1. The molecule has 0 spiro atoms. The molecule has 0 bridgehead atoms. The van der Waals surface area contributed by atoms with E-state index < -0.39 is 11.5 Å². The van der Waals surface area contributed by atoms with Gasteiger partial charge < -0.3 is 14.6 Å². The summed E-state index contributed by atoms with van der Waals surface area (Å²) in [4.78, 5) is 43.0. The van der Waals surface area contributed by atoms with Gasteiger partial charge >= 0.3 is 5.97 Å². The Morgan fingerprint density at radius 3 is 2.38 bits per heavy atom. The number of aromatic amines is 1. The van der Waals surface area contributed by atoms with Crippen LogP contribution in [0.25, 0.3) is 10.9 Å². The first kappa shape index (κ1) is 21.1. The third-order valence-corrected chi connectivity index (χ3v) is 5.56. The highest BCUT2D eigenvalue weighted by Crippen LogP contribution is 2.26. The van der Waals surface area contributed by atoms with Gasteiger partial charge in [-0.1, -0.05) is 39.0 Å². The van der Waals surface area contributed by atoms with Crippen molar-refractivity contribution in [3.63, 3.8) is 0 Å². The second kappa shape index (κ2) is 8.01. The number of rotatable bonds is 4. The van der Waals surface area contributed by atoms with E-state index in [1.165, 1.54) is 0 Å². The van der Waals surface area contributed by atoms with Crippen LogP contribution in [-0.4, -0.2) is 46.7 Å². The van der Waals surface area contributed by atoms with Crippen LogP contribution < -0.4 is 0 Å². The number of H-pyrrole nitrogens is 1. The first-order valence-corrected chi connectivity index (χ1v) is 10.2. The minimum atomic E-state index is -0.852. The van der Waals surface area contributed by atoms with Gasteiger partial charge in [-0.25, -0.2) is 0 Å². The smallest absolute Gasteiger partial charge is 0.309 e. The minimum Gasteiger partial charge on any atom is -0.454 e. The van der Waals surface area contributed by atoms with Crippen molar-refractivity contribution in [3.05, 3.63) is 35.5 Å². The number of para-hydroxylation sites is 1. The molecule has 1 aromatic carbocycles. The van der Waals surface area contributed by atoms with Gasteiger partial charge in [0.1, 0.15) is 0 Å². The van der Waals surface area contributed by atoms with E-state index in [0.29, 0.717) is 31.5 Å². The summed E-state index contributed by atoms with van der Waals surface area (Å²) >= 11 is 0. The van der Waals surface area contributed by atoms with E-state index in [1.54, 1.807) is 6.92 Å². The van der Waals surface area contributed by atoms with Crippen molar-refractivity contribution in [2.45, 2.75) is 53.6 Å². The second-order valence-electron chi connectivity index (χ2n) is 8.93. The summed E-state index contributed by atoms with van der Waals surface area (Å²) in [6.45, 7) is 10.3. The van der Waals surface area contributed by atoms with Crippen molar-refractivity contribution in [2.24, 2.45) is 11.3 Å². The fourth-order valence-electron chi connectivity index (χ4n) is 3.91.